The molecule has 0 atom stereocenters. The fraction of sp³-hybridized carbons (Fsp3) is 0.222. The van der Waals surface area contributed by atoms with E-state index >= 15 is 0 Å². The van der Waals surface area contributed by atoms with Crippen LogP contribution in [0.3, 0.4) is 0 Å². The van der Waals surface area contributed by atoms with Gasteiger partial charge in [-0.2, -0.15) is 0 Å². The summed E-state index contributed by atoms with van der Waals surface area (Å²) in [5.74, 6) is 0. The molecule has 0 saturated carbocycles. The van der Waals surface area contributed by atoms with Crippen LogP contribution in [-0.2, 0) is 15.4 Å². The van der Waals surface area contributed by atoms with Crippen molar-refractivity contribution in [3.05, 3.63) is 44.0 Å². The van der Waals surface area contributed by atoms with Crippen molar-refractivity contribution >= 4 is 29.0 Å². The molecule has 18 heavy (non-hydrogen) atoms. The van der Waals surface area contributed by atoms with Crippen molar-refractivity contribution < 1.29 is 18.8 Å². The molecule has 1 aromatic carbocycles. The average molecular weight is 271 g/mol. The van der Waals surface area contributed by atoms with Crippen LogP contribution in [0.5, 0.6) is 0 Å². The molecule has 1 aromatic rings. The second-order valence-corrected chi connectivity index (χ2v) is 3.60. The molecule has 0 aliphatic heterocycles. The summed E-state index contributed by atoms with van der Waals surface area (Å²) >= 11 is 0.411. The number of carbonyl (C=O) groups excluding carboxylic acids is 1. The predicted octanol–water partition coefficient (Wildman–Crippen LogP) is 1.78. The van der Waals surface area contributed by atoms with E-state index in [1.807, 2.05) is 0 Å². The van der Waals surface area contributed by atoms with E-state index in [2.05, 4.69) is 0 Å². The quantitative estimate of drug-likeness (QED) is 0.321. The molecule has 0 saturated heterocycles. The van der Waals surface area contributed by atoms with Crippen LogP contribution < -0.4 is 0 Å². The maximum Gasteiger partial charge on any atom is 0.295 e. The number of benzene rings is 1. The molecule has 8 nitrogen and oxygen atoms in total. The van der Waals surface area contributed by atoms with Gasteiger partial charge < -0.3 is 4.18 Å². The molecule has 1 rings (SSSR count). The minimum atomic E-state index is -0.693. The van der Waals surface area contributed by atoms with Gasteiger partial charge in [0.15, 0.2) is 0 Å². The van der Waals surface area contributed by atoms with Crippen LogP contribution in [0, 0.1) is 20.2 Å². The molecule has 0 unspecified atom stereocenters. The summed E-state index contributed by atoms with van der Waals surface area (Å²) in [7, 11) is 0. The second-order valence-electron chi connectivity index (χ2n) is 3.03. The summed E-state index contributed by atoms with van der Waals surface area (Å²) in [5, 5.41) is 21.5. The molecule has 9 heteroatoms. The maximum atomic E-state index is 10.8. The highest BCUT2D eigenvalue weighted by Gasteiger charge is 2.23. The molecule has 0 fully saturated rings. The van der Waals surface area contributed by atoms with E-state index < -0.39 is 9.85 Å². The minimum absolute atomic E-state index is 0.0287. The number of hydrogen-bond acceptors (Lipinski definition) is 7. The summed E-state index contributed by atoms with van der Waals surface area (Å²) in [6.45, 7) is -0.0639. The fourth-order valence-corrected chi connectivity index (χ4v) is 1.59. The van der Waals surface area contributed by atoms with Crippen molar-refractivity contribution in [1.29, 1.82) is 0 Å². The first-order chi connectivity index (χ1) is 8.57. The summed E-state index contributed by atoms with van der Waals surface area (Å²) < 4.78 is 4.70. The highest BCUT2D eigenvalue weighted by Crippen LogP contribution is 2.28. The van der Waals surface area contributed by atoms with Crippen molar-refractivity contribution in [2.24, 2.45) is 0 Å². The van der Waals surface area contributed by atoms with Crippen molar-refractivity contribution in [3.8, 4) is 0 Å². The molecular formula is C9H7N2O6S. The summed E-state index contributed by atoms with van der Waals surface area (Å²) in [6.07, 6.45) is -0.0395. The SMILES string of the molecule is O=[C]SOCCc1c([N+](=O)[O-])cccc1[N+](=O)[O-]. The first kappa shape index (κ1) is 14.1. The van der Waals surface area contributed by atoms with Gasteiger partial charge in [-0.15, -0.1) is 0 Å². The van der Waals surface area contributed by atoms with Crippen molar-refractivity contribution in [2.75, 3.05) is 6.61 Å². The van der Waals surface area contributed by atoms with Crippen molar-refractivity contribution in [2.45, 2.75) is 6.42 Å². The Labute approximate surface area is 105 Å². The highest BCUT2D eigenvalue weighted by molar-refractivity contribution is 8.07. The minimum Gasteiger partial charge on any atom is -0.307 e. The van der Waals surface area contributed by atoms with Gasteiger partial charge in [-0.1, -0.05) is 0 Å². The number of nitro groups is 2. The van der Waals surface area contributed by atoms with Crippen LogP contribution in [-0.4, -0.2) is 22.1 Å². The summed E-state index contributed by atoms with van der Waals surface area (Å²) in [4.78, 5) is 30.0. The number of nitrogens with zero attached hydrogens (tertiary/aromatic N) is 2. The van der Waals surface area contributed by atoms with Gasteiger partial charge in [0.25, 0.3) is 17.0 Å². The summed E-state index contributed by atoms with van der Waals surface area (Å²) in [6, 6.07) is 3.61. The molecule has 0 heterocycles. The molecule has 1 radical (unpaired) electrons. The lowest BCUT2D eigenvalue weighted by Gasteiger charge is -2.03. The predicted molar refractivity (Wildman–Crippen MR) is 62.7 cm³/mol. The van der Waals surface area contributed by atoms with Crippen LogP contribution in [0.2, 0.25) is 0 Å². The number of rotatable bonds is 7. The third-order valence-corrected chi connectivity index (χ3v) is 2.40. The van der Waals surface area contributed by atoms with E-state index in [0.29, 0.717) is 12.0 Å². The molecule has 0 aliphatic rings. The molecule has 0 aliphatic carbocycles. The zero-order valence-electron chi connectivity index (χ0n) is 8.90. The third kappa shape index (κ3) is 3.50. The van der Waals surface area contributed by atoms with E-state index in [1.54, 1.807) is 0 Å². The third-order valence-electron chi connectivity index (χ3n) is 2.05. The van der Waals surface area contributed by atoms with E-state index in [0.717, 1.165) is 0 Å². The van der Waals surface area contributed by atoms with Gasteiger partial charge in [-0.3, -0.25) is 25.0 Å². The van der Waals surface area contributed by atoms with Gasteiger partial charge in [0.05, 0.1) is 28.5 Å². The Morgan fingerprint density at radius 3 is 2.22 bits per heavy atom. The lowest BCUT2D eigenvalue weighted by atomic mass is 10.1. The van der Waals surface area contributed by atoms with Crippen LogP contribution in [0.4, 0.5) is 11.4 Å². The molecule has 95 valence electrons. The Balaban J connectivity index is 2.99. The topological polar surface area (TPSA) is 113 Å². The van der Waals surface area contributed by atoms with Gasteiger partial charge in [-0.25, -0.2) is 0 Å². The molecule has 0 bridgehead atoms. The zero-order valence-corrected chi connectivity index (χ0v) is 9.71. The number of hydrogen-bond donors (Lipinski definition) is 0. The van der Waals surface area contributed by atoms with Gasteiger partial charge in [0, 0.05) is 18.6 Å². The molecule has 0 aromatic heterocycles. The fourth-order valence-electron chi connectivity index (χ4n) is 1.37. The van der Waals surface area contributed by atoms with Crippen LogP contribution in [0.15, 0.2) is 18.2 Å². The number of nitro benzene ring substituents is 2. The Kier molecular flexibility index (Phi) is 5.21. The normalized spacial score (nSPS) is 10.0. The lowest BCUT2D eigenvalue weighted by Crippen LogP contribution is -2.03. The molecular weight excluding hydrogens is 264 g/mol. The Hall–Kier alpha value is -2.00. The standard InChI is InChI=1S/C9H7N2O6S/c12-6-18-17-5-4-7-8(10(13)14)2-1-3-9(7)11(15)16/h1-3H,4-5H2. The Bertz CT molecular complexity index is 446. The van der Waals surface area contributed by atoms with Gasteiger partial charge in [-0.05, 0) is 6.07 Å². The second kappa shape index (κ2) is 6.67. The van der Waals surface area contributed by atoms with Crippen molar-refractivity contribution in [1.82, 2.24) is 0 Å². The lowest BCUT2D eigenvalue weighted by molar-refractivity contribution is -0.395. The van der Waals surface area contributed by atoms with E-state index in [-0.39, 0.29) is 30.0 Å². The van der Waals surface area contributed by atoms with Gasteiger partial charge >= 0.3 is 0 Å². The highest BCUT2D eigenvalue weighted by atomic mass is 32.2. The van der Waals surface area contributed by atoms with E-state index in [4.69, 9.17) is 4.18 Å². The van der Waals surface area contributed by atoms with E-state index in [9.17, 15) is 25.0 Å². The molecule has 0 N–H and O–H groups in total. The Morgan fingerprint density at radius 1 is 1.22 bits per heavy atom. The summed E-state index contributed by atoms with van der Waals surface area (Å²) in [5.41, 5.74) is 0.697. The monoisotopic (exact) mass is 271 g/mol. The maximum absolute atomic E-state index is 10.8. The zero-order chi connectivity index (χ0) is 13.5. The van der Waals surface area contributed by atoms with Crippen LogP contribution in [0.25, 0.3) is 0 Å². The molecule has 0 spiro atoms. The smallest absolute Gasteiger partial charge is 0.295 e. The van der Waals surface area contributed by atoms with E-state index in [1.165, 1.54) is 23.8 Å². The van der Waals surface area contributed by atoms with Crippen molar-refractivity contribution in [3.63, 3.8) is 0 Å². The Morgan fingerprint density at radius 2 is 1.78 bits per heavy atom. The first-order valence-electron chi connectivity index (χ1n) is 4.64. The van der Waals surface area contributed by atoms with Crippen LogP contribution >= 0.6 is 12.0 Å². The van der Waals surface area contributed by atoms with Gasteiger partial charge in [0.1, 0.15) is 5.56 Å². The molecule has 0 amide bonds. The largest absolute Gasteiger partial charge is 0.307 e. The van der Waals surface area contributed by atoms with Crippen LogP contribution in [0.1, 0.15) is 5.56 Å². The van der Waals surface area contributed by atoms with Gasteiger partial charge in [0.2, 0.25) is 0 Å². The average Bonchev–Trinajstić information content (AvgIpc) is 2.34. The first-order valence-corrected chi connectivity index (χ1v) is 5.38.